The molecule has 0 aromatic heterocycles. The van der Waals surface area contributed by atoms with E-state index in [-0.39, 0.29) is 11.9 Å². The molecule has 0 aliphatic heterocycles. The van der Waals surface area contributed by atoms with Gasteiger partial charge in [-0.25, -0.2) is 0 Å². The van der Waals surface area contributed by atoms with Gasteiger partial charge >= 0.3 is 5.97 Å². The smallest absolute Gasteiger partial charge is 0.302 e. The van der Waals surface area contributed by atoms with E-state index in [0.717, 1.165) is 5.56 Å². The first kappa shape index (κ1) is 12.4. The van der Waals surface area contributed by atoms with Crippen LogP contribution in [0.25, 0.3) is 0 Å². The zero-order valence-corrected chi connectivity index (χ0v) is 9.31. The summed E-state index contributed by atoms with van der Waals surface area (Å²) in [5.74, 6) is -0.511. The second kappa shape index (κ2) is 6.77. The Labute approximate surface area is 95.4 Å². The van der Waals surface area contributed by atoms with E-state index in [1.165, 1.54) is 6.92 Å². The van der Waals surface area contributed by atoms with Crippen LogP contribution in [0.3, 0.4) is 0 Å². The van der Waals surface area contributed by atoms with Crippen molar-refractivity contribution in [1.29, 1.82) is 0 Å². The van der Waals surface area contributed by atoms with E-state index in [1.54, 1.807) is 0 Å². The van der Waals surface area contributed by atoms with Crippen LogP contribution >= 0.6 is 0 Å². The summed E-state index contributed by atoms with van der Waals surface area (Å²) in [4.78, 5) is 21.3. The monoisotopic (exact) mass is 219 g/mol. The van der Waals surface area contributed by atoms with E-state index < -0.39 is 0 Å². The molecule has 0 bridgehead atoms. The highest BCUT2D eigenvalue weighted by atomic mass is 16.5. The van der Waals surface area contributed by atoms with Gasteiger partial charge in [0.1, 0.15) is 0 Å². The van der Waals surface area contributed by atoms with E-state index in [2.05, 4.69) is 0 Å². The minimum atomic E-state index is -0.286. The van der Waals surface area contributed by atoms with Gasteiger partial charge in [-0.1, -0.05) is 30.3 Å². The number of benzene rings is 1. The molecule has 0 aliphatic carbocycles. The predicted molar refractivity (Wildman–Crippen MR) is 60.7 cm³/mol. The summed E-state index contributed by atoms with van der Waals surface area (Å²) in [6.45, 7) is 1.74. The molecular weight excluding hydrogens is 204 g/mol. The molecule has 1 atom stereocenters. The maximum atomic E-state index is 10.8. The maximum absolute atomic E-state index is 10.8. The molecule has 0 saturated carbocycles. The standard InChI is InChI=1S/C13H15O3/c1-11(15)16-9-5-8-13(10-14)12-6-3-2-4-7-12/h2-4,6-7,13H,5,8-9H2,1H3. The van der Waals surface area contributed by atoms with Crippen LogP contribution < -0.4 is 0 Å². The van der Waals surface area contributed by atoms with Gasteiger partial charge in [-0.2, -0.15) is 0 Å². The number of carbonyl (C=O) groups is 1. The quantitative estimate of drug-likeness (QED) is 0.544. The highest BCUT2D eigenvalue weighted by molar-refractivity contribution is 5.66. The third kappa shape index (κ3) is 4.26. The first-order valence-corrected chi connectivity index (χ1v) is 5.30. The fourth-order valence-corrected chi connectivity index (χ4v) is 1.48. The molecule has 0 fully saturated rings. The first-order chi connectivity index (χ1) is 7.74. The zero-order chi connectivity index (χ0) is 11.8. The molecule has 1 aromatic rings. The maximum Gasteiger partial charge on any atom is 0.302 e. The van der Waals surface area contributed by atoms with Crippen molar-refractivity contribution in [2.45, 2.75) is 25.7 Å². The lowest BCUT2D eigenvalue weighted by molar-refractivity contribution is -0.141. The van der Waals surface area contributed by atoms with Crippen LogP contribution in [0.5, 0.6) is 0 Å². The van der Waals surface area contributed by atoms with Gasteiger partial charge in [-0.3, -0.25) is 9.59 Å². The number of esters is 1. The van der Waals surface area contributed by atoms with Crippen molar-refractivity contribution in [2.75, 3.05) is 6.61 Å². The summed E-state index contributed by atoms with van der Waals surface area (Å²) >= 11 is 0. The Balaban J connectivity index is 2.38. The van der Waals surface area contributed by atoms with Crippen LogP contribution in [-0.2, 0) is 14.3 Å². The Kier molecular flexibility index (Phi) is 5.26. The fraction of sp³-hybridized carbons (Fsp3) is 0.385. The Bertz CT molecular complexity index is 332. The molecule has 0 N–H and O–H groups in total. The van der Waals surface area contributed by atoms with E-state index in [0.29, 0.717) is 19.4 Å². The van der Waals surface area contributed by atoms with Gasteiger partial charge in [-0.15, -0.1) is 0 Å². The van der Waals surface area contributed by atoms with Crippen LogP contribution in [0.1, 0.15) is 31.2 Å². The SMILES string of the molecule is CC(=O)OCCCC([C]=O)c1ccccc1. The minimum Gasteiger partial charge on any atom is -0.466 e. The molecule has 3 heteroatoms. The van der Waals surface area contributed by atoms with E-state index in [1.807, 2.05) is 36.6 Å². The Morgan fingerprint density at radius 2 is 2.06 bits per heavy atom. The summed E-state index contributed by atoms with van der Waals surface area (Å²) in [6.07, 6.45) is 3.34. The van der Waals surface area contributed by atoms with Gasteiger partial charge in [-0.05, 0) is 18.4 Å². The van der Waals surface area contributed by atoms with Crippen LogP contribution in [0.4, 0.5) is 0 Å². The lowest BCUT2D eigenvalue weighted by atomic mass is 9.96. The van der Waals surface area contributed by atoms with Crippen molar-refractivity contribution in [3.63, 3.8) is 0 Å². The van der Waals surface area contributed by atoms with Gasteiger partial charge in [0.15, 0.2) is 0 Å². The van der Waals surface area contributed by atoms with Gasteiger partial charge in [0.25, 0.3) is 0 Å². The number of hydrogen-bond acceptors (Lipinski definition) is 3. The average molecular weight is 219 g/mol. The summed E-state index contributed by atoms with van der Waals surface area (Å²) in [5.41, 5.74) is 0.959. The fourth-order valence-electron chi connectivity index (χ4n) is 1.48. The summed E-state index contributed by atoms with van der Waals surface area (Å²) < 4.78 is 4.80. The predicted octanol–water partition coefficient (Wildman–Crippen LogP) is 2.22. The normalized spacial score (nSPS) is 11.8. The van der Waals surface area contributed by atoms with Gasteiger partial charge in [0, 0.05) is 6.92 Å². The molecule has 0 amide bonds. The van der Waals surface area contributed by atoms with Gasteiger partial charge < -0.3 is 4.74 Å². The third-order valence-electron chi connectivity index (χ3n) is 2.29. The molecule has 0 spiro atoms. The molecule has 1 aromatic carbocycles. The molecule has 1 radical (unpaired) electrons. The second-order valence-electron chi connectivity index (χ2n) is 3.56. The van der Waals surface area contributed by atoms with Crippen molar-refractivity contribution >= 4 is 12.3 Å². The van der Waals surface area contributed by atoms with Gasteiger partial charge in [0.2, 0.25) is 6.29 Å². The Morgan fingerprint density at radius 3 is 2.62 bits per heavy atom. The molecule has 0 heterocycles. The van der Waals surface area contributed by atoms with Crippen LogP contribution in [-0.4, -0.2) is 18.9 Å². The number of hydrogen-bond donors (Lipinski definition) is 0. The number of carbonyl (C=O) groups excluding carboxylic acids is 2. The highest BCUT2D eigenvalue weighted by Gasteiger charge is 2.10. The molecule has 1 rings (SSSR count). The summed E-state index contributed by atoms with van der Waals surface area (Å²) in [5, 5.41) is 0. The van der Waals surface area contributed by atoms with Crippen molar-refractivity contribution in [3.8, 4) is 0 Å². The molecule has 85 valence electrons. The second-order valence-corrected chi connectivity index (χ2v) is 3.56. The molecule has 3 nitrogen and oxygen atoms in total. The van der Waals surface area contributed by atoms with Crippen molar-refractivity contribution in [1.82, 2.24) is 0 Å². The Hall–Kier alpha value is -1.64. The van der Waals surface area contributed by atoms with Crippen molar-refractivity contribution < 1.29 is 14.3 Å². The van der Waals surface area contributed by atoms with E-state index >= 15 is 0 Å². The molecule has 0 aliphatic rings. The lowest BCUT2D eigenvalue weighted by Gasteiger charge is -2.09. The third-order valence-corrected chi connectivity index (χ3v) is 2.29. The lowest BCUT2D eigenvalue weighted by Crippen LogP contribution is -2.05. The molecular formula is C13H15O3. The van der Waals surface area contributed by atoms with E-state index in [4.69, 9.17) is 4.74 Å². The molecule has 0 saturated heterocycles. The highest BCUT2D eigenvalue weighted by Crippen LogP contribution is 2.18. The van der Waals surface area contributed by atoms with Crippen LogP contribution in [0.2, 0.25) is 0 Å². The molecule has 1 unspecified atom stereocenters. The van der Waals surface area contributed by atoms with Crippen molar-refractivity contribution in [3.05, 3.63) is 35.9 Å². The summed E-state index contributed by atoms with van der Waals surface area (Å²) in [6, 6.07) is 9.50. The van der Waals surface area contributed by atoms with Crippen LogP contribution in [0.15, 0.2) is 30.3 Å². The Morgan fingerprint density at radius 1 is 1.38 bits per heavy atom. The van der Waals surface area contributed by atoms with Gasteiger partial charge in [0.05, 0.1) is 12.5 Å². The number of ether oxygens (including phenoxy) is 1. The zero-order valence-electron chi connectivity index (χ0n) is 9.31. The number of rotatable bonds is 6. The first-order valence-electron chi connectivity index (χ1n) is 5.30. The minimum absolute atomic E-state index is 0.225. The summed E-state index contributed by atoms with van der Waals surface area (Å²) in [7, 11) is 0. The largest absolute Gasteiger partial charge is 0.466 e. The van der Waals surface area contributed by atoms with Crippen molar-refractivity contribution in [2.24, 2.45) is 0 Å². The topological polar surface area (TPSA) is 43.4 Å². The molecule has 16 heavy (non-hydrogen) atoms. The average Bonchev–Trinajstić information content (AvgIpc) is 2.30. The van der Waals surface area contributed by atoms with E-state index in [9.17, 15) is 9.59 Å². The van der Waals surface area contributed by atoms with Crippen LogP contribution in [0, 0.1) is 0 Å².